The lowest BCUT2D eigenvalue weighted by atomic mass is 10.00. The molecule has 0 saturated carbocycles. The highest BCUT2D eigenvalue weighted by atomic mass is 32.1. The van der Waals surface area contributed by atoms with E-state index in [0.29, 0.717) is 0 Å². The summed E-state index contributed by atoms with van der Waals surface area (Å²) >= 11 is 1.81. The van der Waals surface area contributed by atoms with E-state index >= 15 is 0 Å². The molecule has 0 bridgehead atoms. The number of hydrogen-bond donors (Lipinski definition) is 0. The zero-order chi connectivity index (χ0) is 33.0. The molecule has 2 nitrogen and oxygen atoms in total. The van der Waals surface area contributed by atoms with E-state index in [1.54, 1.807) is 0 Å². The summed E-state index contributed by atoms with van der Waals surface area (Å²) in [5.41, 5.74) is 9.06. The Morgan fingerprint density at radius 2 is 0.820 bits per heavy atom. The molecule has 0 amide bonds. The summed E-state index contributed by atoms with van der Waals surface area (Å²) in [6, 6.07) is 63.7. The average Bonchev–Trinajstić information content (AvgIpc) is 3.53. The summed E-state index contributed by atoms with van der Waals surface area (Å²) in [5, 5.41) is 8.71. The maximum atomic E-state index is 5.10. The molecule has 234 valence electrons. The average molecular weight is 655 g/mol. The summed E-state index contributed by atoms with van der Waals surface area (Å²) in [7, 11) is 0. The van der Waals surface area contributed by atoms with Crippen LogP contribution in [0.3, 0.4) is 0 Å². The lowest BCUT2D eigenvalue weighted by molar-refractivity contribution is 1.26. The summed E-state index contributed by atoms with van der Waals surface area (Å²) in [4.78, 5) is 7.43. The van der Waals surface area contributed by atoms with E-state index in [1.807, 2.05) is 17.5 Å². The number of nitrogens with zero attached hydrogens (tertiary/aromatic N) is 2. The Labute approximate surface area is 294 Å². The molecule has 10 aromatic rings. The highest BCUT2D eigenvalue weighted by molar-refractivity contribution is 7.25. The third-order valence-electron chi connectivity index (χ3n) is 9.84. The van der Waals surface area contributed by atoms with Gasteiger partial charge in [-0.05, 0) is 109 Å². The van der Waals surface area contributed by atoms with Gasteiger partial charge in [0.1, 0.15) is 0 Å². The molecule has 0 saturated heterocycles. The molecule has 50 heavy (non-hydrogen) atoms. The second-order valence-electron chi connectivity index (χ2n) is 12.9. The first-order valence-corrected chi connectivity index (χ1v) is 17.7. The van der Waals surface area contributed by atoms with Crippen molar-refractivity contribution in [3.05, 3.63) is 182 Å². The second-order valence-corrected chi connectivity index (χ2v) is 14.0. The zero-order valence-corrected chi connectivity index (χ0v) is 27.9. The minimum atomic E-state index is 1.03. The maximum Gasteiger partial charge on any atom is 0.0890 e. The Balaban J connectivity index is 1.08. The first-order valence-electron chi connectivity index (χ1n) is 16.9. The van der Waals surface area contributed by atoms with Crippen LogP contribution < -0.4 is 4.90 Å². The number of anilines is 3. The lowest BCUT2D eigenvalue weighted by Crippen LogP contribution is -2.10. The van der Waals surface area contributed by atoms with Crippen LogP contribution in [0.1, 0.15) is 0 Å². The van der Waals surface area contributed by atoms with E-state index < -0.39 is 0 Å². The molecule has 2 heterocycles. The quantitative estimate of drug-likeness (QED) is 0.184. The van der Waals surface area contributed by atoms with Gasteiger partial charge in [-0.1, -0.05) is 121 Å². The monoisotopic (exact) mass is 654 g/mol. The van der Waals surface area contributed by atoms with Crippen LogP contribution in [0.25, 0.3) is 74.9 Å². The maximum absolute atomic E-state index is 5.10. The standard InChI is InChI=1S/C47H30N2S/c1-3-9-35-25-39(15-13-31(35)7-1)33-17-21-41(22-18-33)49(42-23-19-34(20-24-42)40-16-14-32-8-2-4-10-36(32)26-40)43-29-46-47(48-30-43)44-27-37-11-5-6-12-38(37)28-45(44)50-46/h1-30H. The molecule has 3 heteroatoms. The summed E-state index contributed by atoms with van der Waals surface area (Å²) in [6.45, 7) is 0. The van der Waals surface area contributed by atoms with E-state index in [4.69, 9.17) is 4.98 Å². The largest absolute Gasteiger partial charge is 0.309 e. The second kappa shape index (κ2) is 11.7. The molecule has 0 fully saturated rings. The molecular formula is C47H30N2S. The summed E-state index contributed by atoms with van der Waals surface area (Å²) < 4.78 is 2.44. The third-order valence-corrected chi connectivity index (χ3v) is 10.9. The fraction of sp³-hybridized carbons (Fsp3) is 0. The van der Waals surface area contributed by atoms with Crippen molar-refractivity contribution in [3.63, 3.8) is 0 Å². The molecular weight excluding hydrogens is 625 g/mol. The van der Waals surface area contributed by atoms with Gasteiger partial charge in [-0.25, -0.2) is 0 Å². The third kappa shape index (κ3) is 4.99. The highest BCUT2D eigenvalue weighted by Crippen LogP contribution is 2.41. The minimum Gasteiger partial charge on any atom is -0.309 e. The van der Waals surface area contributed by atoms with Crippen LogP contribution in [-0.2, 0) is 0 Å². The predicted octanol–water partition coefficient (Wildman–Crippen LogP) is 13.7. The van der Waals surface area contributed by atoms with Gasteiger partial charge in [-0.2, -0.15) is 0 Å². The molecule has 0 aliphatic rings. The number of hydrogen-bond acceptors (Lipinski definition) is 3. The molecule has 0 atom stereocenters. The van der Waals surface area contributed by atoms with E-state index in [0.717, 1.165) is 22.6 Å². The van der Waals surface area contributed by atoms with Crippen LogP contribution in [0.2, 0.25) is 0 Å². The van der Waals surface area contributed by atoms with Crippen LogP contribution in [-0.4, -0.2) is 4.98 Å². The van der Waals surface area contributed by atoms with Crippen LogP contribution in [0.15, 0.2) is 182 Å². The Hall–Kier alpha value is -6.29. The van der Waals surface area contributed by atoms with E-state index in [2.05, 4.69) is 181 Å². The minimum absolute atomic E-state index is 1.03. The first-order chi connectivity index (χ1) is 24.7. The first kappa shape index (κ1) is 28.7. The smallest absolute Gasteiger partial charge is 0.0890 e. The molecule has 0 radical (unpaired) electrons. The highest BCUT2D eigenvalue weighted by Gasteiger charge is 2.17. The molecule has 8 aromatic carbocycles. The van der Waals surface area contributed by atoms with Gasteiger partial charge in [0.25, 0.3) is 0 Å². The van der Waals surface area contributed by atoms with Crippen molar-refractivity contribution in [2.45, 2.75) is 0 Å². The number of thiophene rings is 1. The lowest BCUT2D eigenvalue weighted by Gasteiger charge is -2.25. The topological polar surface area (TPSA) is 16.1 Å². The zero-order valence-electron chi connectivity index (χ0n) is 27.1. The van der Waals surface area contributed by atoms with Crippen molar-refractivity contribution in [2.75, 3.05) is 4.90 Å². The molecule has 0 aliphatic heterocycles. The molecule has 10 rings (SSSR count). The van der Waals surface area contributed by atoms with Gasteiger partial charge in [0.05, 0.1) is 22.1 Å². The SMILES string of the molecule is c1ccc2cc(-c3ccc(N(c4ccc(-c5ccc6ccccc6c5)cc4)c4cnc5c(c4)sc4cc6ccccc6cc45)cc3)ccc2c1. The van der Waals surface area contributed by atoms with E-state index in [1.165, 1.54) is 69.4 Å². The van der Waals surface area contributed by atoms with Gasteiger partial charge in [-0.3, -0.25) is 4.98 Å². The van der Waals surface area contributed by atoms with Crippen molar-refractivity contribution in [2.24, 2.45) is 0 Å². The van der Waals surface area contributed by atoms with Gasteiger partial charge in [0, 0.05) is 21.5 Å². The normalized spacial score (nSPS) is 11.6. The van der Waals surface area contributed by atoms with Crippen molar-refractivity contribution < 1.29 is 0 Å². The van der Waals surface area contributed by atoms with Crippen LogP contribution in [0.4, 0.5) is 17.1 Å². The fourth-order valence-electron chi connectivity index (χ4n) is 7.23. The van der Waals surface area contributed by atoms with E-state index in [9.17, 15) is 0 Å². The number of benzene rings is 8. The van der Waals surface area contributed by atoms with E-state index in [-0.39, 0.29) is 0 Å². The Kier molecular flexibility index (Phi) is 6.71. The van der Waals surface area contributed by atoms with Gasteiger partial charge in [-0.15, -0.1) is 11.3 Å². The summed E-state index contributed by atoms with van der Waals surface area (Å²) in [5.74, 6) is 0. The van der Waals surface area contributed by atoms with Gasteiger partial charge in [0.2, 0.25) is 0 Å². The van der Waals surface area contributed by atoms with Crippen LogP contribution in [0.5, 0.6) is 0 Å². The molecule has 0 unspecified atom stereocenters. The van der Waals surface area contributed by atoms with Crippen molar-refractivity contribution >= 4 is 81.0 Å². The van der Waals surface area contributed by atoms with Gasteiger partial charge < -0.3 is 4.90 Å². The van der Waals surface area contributed by atoms with Crippen molar-refractivity contribution in [3.8, 4) is 22.3 Å². The predicted molar refractivity (Wildman–Crippen MR) is 215 cm³/mol. The fourth-order valence-corrected chi connectivity index (χ4v) is 8.36. The molecule has 0 N–H and O–H groups in total. The Morgan fingerprint density at radius 1 is 0.360 bits per heavy atom. The molecule has 0 spiro atoms. The van der Waals surface area contributed by atoms with Crippen LogP contribution >= 0.6 is 11.3 Å². The number of aromatic nitrogens is 1. The van der Waals surface area contributed by atoms with Gasteiger partial charge in [0.15, 0.2) is 0 Å². The Bertz CT molecular complexity index is 2750. The number of fused-ring (bicyclic) bond motifs is 6. The number of rotatable bonds is 5. The van der Waals surface area contributed by atoms with Crippen molar-refractivity contribution in [1.82, 2.24) is 4.98 Å². The van der Waals surface area contributed by atoms with Crippen molar-refractivity contribution in [1.29, 1.82) is 0 Å². The van der Waals surface area contributed by atoms with Crippen LogP contribution in [0, 0.1) is 0 Å². The summed E-state index contributed by atoms with van der Waals surface area (Å²) in [6.07, 6.45) is 2.03. The molecule has 2 aromatic heterocycles. The Morgan fingerprint density at radius 3 is 1.36 bits per heavy atom. The number of pyridine rings is 1. The molecule has 0 aliphatic carbocycles. The van der Waals surface area contributed by atoms with Gasteiger partial charge >= 0.3 is 0 Å².